The van der Waals surface area contributed by atoms with Crippen LogP contribution in [0.3, 0.4) is 0 Å². The quantitative estimate of drug-likeness (QED) is 0.706. The van der Waals surface area contributed by atoms with Crippen molar-refractivity contribution >= 4 is 27.3 Å². The minimum absolute atomic E-state index is 0.154. The molecule has 1 fully saturated rings. The summed E-state index contributed by atoms with van der Waals surface area (Å²) in [6.45, 7) is 2.64. The van der Waals surface area contributed by atoms with Gasteiger partial charge in [-0.25, -0.2) is 8.42 Å². The first-order chi connectivity index (χ1) is 12.5. The second-order valence-corrected chi connectivity index (χ2v) is 9.65. The van der Waals surface area contributed by atoms with E-state index in [0.717, 1.165) is 5.56 Å². The van der Waals surface area contributed by atoms with Gasteiger partial charge in [-0.2, -0.15) is 4.31 Å². The average molecular weight is 394 g/mol. The summed E-state index contributed by atoms with van der Waals surface area (Å²) in [5.74, 6) is -0.310. The van der Waals surface area contributed by atoms with Crippen LogP contribution in [0.4, 0.5) is 0 Å². The van der Waals surface area contributed by atoms with E-state index >= 15 is 0 Å². The van der Waals surface area contributed by atoms with Crippen LogP contribution in [0, 0.1) is 5.41 Å². The second-order valence-electron chi connectivity index (χ2n) is 6.54. The summed E-state index contributed by atoms with van der Waals surface area (Å²) in [7, 11) is -3.59. The Morgan fingerprint density at radius 3 is 2.65 bits per heavy atom. The molecule has 0 saturated carbocycles. The molecule has 140 valence electrons. The molecule has 0 bridgehead atoms. The van der Waals surface area contributed by atoms with E-state index in [9.17, 15) is 13.2 Å². The van der Waals surface area contributed by atoms with E-state index in [2.05, 4.69) is 0 Å². The lowest BCUT2D eigenvalue weighted by Gasteiger charge is -2.40. The van der Waals surface area contributed by atoms with Gasteiger partial charge in [-0.05, 0) is 43.2 Å². The van der Waals surface area contributed by atoms with Crippen molar-refractivity contribution in [3.63, 3.8) is 0 Å². The molecule has 3 rings (SSSR count). The summed E-state index contributed by atoms with van der Waals surface area (Å²) >= 11 is 1.20. The SMILES string of the molecule is CCOC(=O)[C@]1(Cc2ccccc2)CCCN(S(=O)(=O)c2cccs2)C1. The smallest absolute Gasteiger partial charge is 0.313 e. The van der Waals surface area contributed by atoms with Crippen molar-refractivity contribution in [3.8, 4) is 0 Å². The number of hydrogen-bond donors (Lipinski definition) is 0. The fraction of sp³-hybridized carbons (Fsp3) is 0.421. The minimum atomic E-state index is -3.59. The Hall–Kier alpha value is -1.70. The Morgan fingerprint density at radius 1 is 1.23 bits per heavy atom. The first-order valence-electron chi connectivity index (χ1n) is 8.73. The van der Waals surface area contributed by atoms with Crippen molar-refractivity contribution in [2.75, 3.05) is 19.7 Å². The van der Waals surface area contributed by atoms with Gasteiger partial charge in [0, 0.05) is 13.1 Å². The van der Waals surface area contributed by atoms with E-state index in [1.807, 2.05) is 30.3 Å². The van der Waals surface area contributed by atoms with Crippen LogP contribution in [-0.2, 0) is 26.0 Å². The molecule has 0 amide bonds. The predicted octanol–water partition coefficient (Wildman–Crippen LogP) is 3.32. The molecule has 0 aliphatic carbocycles. The number of esters is 1. The summed E-state index contributed by atoms with van der Waals surface area (Å²) in [4.78, 5) is 12.8. The van der Waals surface area contributed by atoms with Gasteiger partial charge in [0.25, 0.3) is 10.0 Å². The summed E-state index contributed by atoms with van der Waals surface area (Å²) in [6.07, 6.45) is 1.73. The molecule has 1 aromatic heterocycles. The number of sulfonamides is 1. The zero-order chi connectivity index (χ0) is 18.6. The number of thiophene rings is 1. The third-order valence-electron chi connectivity index (χ3n) is 4.72. The number of rotatable bonds is 6. The van der Waals surface area contributed by atoms with Gasteiger partial charge in [-0.3, -0.25) is 4.79 Å². The van der Waals surface area contributed by atoms with E-state index in [4.69, 9.17) is 4.74 Å². The summed E-state index contributed by atoms with van der Waals surface area (Å²) in [5, 5.41) is 1.75. The lowest BCUT2D eigenvalue weighted by Crippen LogP contribution is -2.51. The maximum Gasteiger partial charge on any atom is 0.313 e. The van der Waals surface area contributed by atoms with Crippen molar-refractivity contribution in [2.24, 2.45) is 5.41 Å². The van der Waals surface area contributed by atoms with Gasteiger partial charge >= 0.3 is 5.97 Å². The van der Waals surface area contributed by atoms with Crippen LogP contribution >= 0.6 is 11.3 Å². The normalized spacial score (nSPS) is 21.4. The number of carbonyl (C=O) groups is 1. The number of nitrogens with zero attached hydrogens (tertiary/aromatic N) is 1. The number of piperidine rings is 1. The van der Waals surface area contributed by atoms with E-state index in [-0.39, 0.29) is 19.1 Å². The Bertz CT molecular complexity index is 834. The molecule has 1 saturated heterocycles. The molecule has 1 atom stereocenters. The highest BCUT2D eigenvalue weighted by atomic mass is 32.2. The summed E-state index contributed by atoms with van der Waals surface area (Å²) < 4.78 is 33.0. The maximum absolute atomic E-state index is 13.0. The Morgan fingerprint density at radius 2 is 2.00 bits per heavy atom. The molecule has 5 nitrogen and oxygen atoms in total. The minimum Gasteiger partial charge on any atom is -0.466 e. The van der Waals surface area contributed by atoms with Crippen LogP contribution in [0.5, 0.6) is 0 Å². The van der Waals surface area contributed by atoms with Crippen LogP contribution in [0.25, 0.3) is 0 Å². The van der Waals surface area contributed by atoms with Crippen molar-refractivity contribution in [2.45, 2.75) is 30.4 Å². The van der Waals surface area contributed by atoms with Crippen molar-refractivity contribution < 1.29 is 17.9 Å². The van der Waals surface area contributed by atoms with Gasteiger partial charge in [0.1, 0.15) is 4.21 Å². The number of carbonyl (C=O) groups excluding carboxylic acids is 1. The molecule has 0 spiro atoms. The van der Waals surface area contributed by atoms with Gasteiger partial charge in [0.2, 0.25) is 0 Å². The summed E-state index contributed by atoms with van der Waals surface area (Å²) in [5.41, 5.74) is 0.163. The molecule has 1 aliphatic rings. The number of benzene rings is 1. The van der Waals surface area contributed by atoms with Crippen molar-refractivity contribution in [1.82, 2.24) is 4.31 Å². The first-order valence-corrected chi connectivity index (χ1v) is 11.0. The first kappa shape index (κ1) is 19.1. The average Bonchev–Trinajstić information content (AvgIpc) is 3.18. The standard InChI is InChI=1S/C19H23NO4S2/c1-2-24-18(21)19(14-16-8-4-3-5-9-16)11-7-12-20(15-19)26(22,23)17-10-6-13-25-17/h3-6,8-10,13H,2,7,11-12,14-15H2,1H3/t19-/m0/s1. The number of ether oxygens (including phenoxy) is 1. The van der Waals surface area contributed by atoms with Gasteiger partial charge in [0.15, 0.2) is 0 Å². The second kappa shape index (κ2) is 7.90. The maximum atomic E-state index is 13.0. The molecule has 2 heterocycles. The third kappa shape index (κ3) is 3.84. The van der Waals surface area contributed by atoms with E-state index in [0.29, 0.717) is 30.0 Å². The van der Waals surface area contributed by atoms with Crippen LogP contribution in [-0.4, -0.2) is 38.4 Å². The molecule has 26 heavy (non-hydrogen) atoms. The van der Waals surface area contributed by atoms with Crippen molar-refractivity contribution in [1.29, 1.82) is 0 Å². The monoisotopic (exact) mass is 393 g/mol. The molecule has 1 aliphatic heterocycles. The third-order valence-corrected chi connectivity index (χ3v) is 7.94. The van der Waals surface area contributed by atoms with Gasteiger partial charge < -0.3 is 4.74 Å². The molecule has 0 radical (unpaired) electrons. The highest BCUT2D eigenvalue weighted by Gasteiger charge is 2.46. The predicted molar refractivity (Wildman–Crippen MR) is 102 cm³/mol. The largest absolute Gasteiger partial charge is 0.466 e. The van der Waals surface area contributed by atoms with E-state index in [1.165, 1.54) is 15.6 Å². The molecule has 0 unspecified atom stereocenters. The van der Waals surface area contributed by atoms with E-state index in [1.54, 1.807) is 24.4 Å². The van der Waals surface area contributed by atoms with Gasteiger partial charge in [-0.15, -0.1) is 11.3 Å². The lowest BCUT2D eigenvalue weighted by atomic mass is 9.75. The fourth-order valence-electron chi connectivity index (χ4n) is 3.49. The van der Waals surface area contributed by atoms with Crippen molar-refractivity contribution in [3.05, 3.63) is 53.4 Å². The molecule has 0 N–H and O–H groups in total. The molecule has 2 aromatic rings. The van der Waals surface area contributed by atoms with E-state index < -0.39 is 15.4 Å². The Kier molecular flexibility index (Phi) is 5.79. The molecule has 7 heteroatoms. The Labute approximate surface area is 158 Å². The zero-order valence-corrected chi connectivity index (χ0v) is 16.4. The zero-order valence-electron chi connectivity index (χ0n) is 14.8. The number of hydrogen-bond acceptors (Lipinski definition) is 5. The highest BCUT2D eigenvalue weighted by Crippen LogP contribution is 2.38. The van der Waals surface area contributed by atoms with Crippen LogP contribution in [0.2, 0.25) is 0 Å². The van der Waals surface area contributed by atoms with Crippen LogP contribution in [0.1, 0.15) is 25.3 Å². The molecular formula is C19H23NO4S2. The van der Waals surface area contributed by atoms with Crippen LogP contribution < -0.4 is 0 Å². The van der Waals surface area contributed by atoms with Gasteiger partial charge in [0.05, 0.1) is 12.0 Å². The highest BCUT2D eigenvalue weighted by molar-refractivity contribution is 7.91. The Balaban J connectivity index is 1.92. The fourth-order valence-corrected chi connectivity index (χ4v) is 6.20. The van der Waals surface area contributed by atoms with Gasteiger partial charge in [-0.1, -0.05) is 36.4 Å². The lowest BCUT2D eigenvalue weighted by molar-refractivity contribution is -0.157. The van der Waals surface area contributed by atoms with Crippen LogP contribution in [0.15, 0.2) is 52.1 Å². The molecule has 1 aromatic carbocycles. The summed E-state index contributed by atoms with van der Waals surface area (Å²) in [6, 6.07) is 13.0. The topological polar surface area (TPSA) is 63.7 Å². The molecular weight excluding hydrogens is 370 g/mol.